The number of amides is 1. The zero-order valence-corrected chi connectivity index (χ0v) is 11.9. The van der Waals surface area contributed by atoms with E-state index in [1.54, 1.807) is 0 Å². The highest BCUT2D eigenvalue weighted by molar-refractivity contribution is 6.25. The molecule has 1 heterocycles. The minimum atomic E-state index is 0.142. The lowest BCUT2D eigenvalue weighted by atomic mass is 9.96. The van der Waals surface area contributed by atoms with Crippen LogP contribution in [0.4, 0.5) is 5.69 Å². The molecular formula is C17H19NO. The molecule has 0 bridgehead atoms. The van der Waals surface area contributed by atoms with E-state index in [4.69, 9.17) is 0 Å². The first-order chi connectivity index (χ1) is 9.00. The van der Waals surface area contributed by atoms with E-state index < -0.39 is 0 Å². The van der Waals surface area contributed by atoms with Gasteiger partial charge >= 0.3 is 0 Å². The summed E-state index contributed by atoms with van der Waals surface area (Å²) in [5.41, 5.74) is 3.16. The van der Waals surface area contributed by atoms with Crippen molar-refractivity contribution in [2.45, 2.75) is 39.7 Å². The third-order valence-electron chi connectivity index (χ3n) is 3.87. The summed E-state index contributed by atoms with van der Waals surface area (Å²) in [5.74, 6) is 0.578. The number of rotatable bonds is 2. The highest BCUT2D eigenvalue weighted by atomic mass is 16.2. The molecule has 0 fully saturated rings. The molecular weight excluding hydrogens is 234 g/mol. The Morgan fingerprint density at radius 1 is 1.05 bits per heavy atom. The molecule has 2 aromatic rings. The Morgan fingerprint density at radius 2 is 1.79 bits per heavy atom. The van der Waals surface area contributed by atoms with Crippen LogP contribution in [0.25, 0.3) is 10.8 Å². The molecule has 3 rings (SSSR count). The van der Waals surface area contributed by atoms with Gasteiger partial charge in [0.25, 0.3) is 5.91 Å². The first kappa shape index (κ1) is 12.2. The predicted octanol–water partition coefficient (Wildman–Crippen LogP) is 4.33. The lowest BCUT2D eigenvalue weighted by Gasteiger charge is -2.21. The van der Waals surface area contributed by atoms with Crippen molar-refractivity contribution >= 4 is 22.4 Å². The van der Waals surface area contributed by atoms with Crippen LogP contribution in [0.15, 0.2) is 30.3 Å². The quantitative estimate of drug-likeness (QED) is 0.780. The fourth-order valence-corrected chi connectivity index (χ4v) is 2.89. The first-order valence-electron chi connectivity index (χ1n) is 6.91. The Kier molecular flexibility index (Phi) is 2.63. The van der Waals surface area contributed by atoms with Gasteiger partial charge in [-0.05, 0) is 42.8 Å². The number of hydrogen-bond donors (Lipinski definition) is 0. The van der Waals surface area contributed by atoms with Crippen LogP contribution in [-0.4, -0.2) is 11.9 Å². The fraction of sp³-hybridized carbons (Fsp3) is 0.353. The van der Waals surface area contributed by atoms with E-state index in [0.717, 1.165) is 16.6 Å². The Hall–Kier alpha value is -1.83. The van der Waals surface area contributed by atoms with E-state index >= 15 is 0 Å². The Labute approximate surface area is 114 Å². The molecule has 2 nitrogen and oxygen atoms in total. The average Bonchev–Trinajstić information content (AvgIpc) is 2.64. The molecule has 19 heavy (non-hydrogen) atoms. The Balaban J connectivity index is 2.34. The maximum atomic E-state index is 12.6. The van der Waals surface area contributed by atoms with Crippen molar-refractivity contribution in [3.63, 3.8) is 0 Å². The molecule has 0 spiro atoms. The third kappa shape index (κ3) is 1.66. The van der Waals surface area contributed by atoms with Crippen LogP contribution in [0.5, 0.6) is 0 Å². The first-order valence-corrected chi connectivity index (χ1v) is 6.91. The van der Waals surface area contributed by atoms with Gasteiger partial charge in [0.2, 0.25) is 0 Å². The van der Waals surface area contributed by atoms with Crippen LogP contribution in [0, 0.1) is 0 Å². The zero-order chi connectivity index (χ0) is 13.7. The highest BCUT2D eigenvalue weighted by Crippen LogP contribution is 2.40. The standard InChI is InChI=1S/C17H19NO/c1-10(2)13-8-12-6-5-7-15-16(12)14(9-13)17(19)18(15)11(3)4/h5-11H,1-4H3. The minimum Gasteiger partial charge on any atom is -0.305 e. The van der Waals surface area contributed by atoms with Gasteiger partial charge in [0, 0.05) is 11.4 Å². The van der Waals surface area contributed by atoms with Crippen molar-refractivity contribution < 1.29 is 4.79 Å². The molecule has 0 aromatic heterocycles. The van der Waals surface area contributed by atoms with Gasteiger partial charge in [-0.25, -0.2) is 0 Å². The van der Waals surface area contributed by atoms with Gasteiger partial charge in [0.15, 0.2) is 0 Å². The van der Waals surface area contributed by atoms with Crippen LogP contribution in [-0.2, 0) is 0 Å². The van der Waals surface area contributed by atoms with Crippen molar-refractivity contribution in [3.8, 4) is 0 Å². The van der Waals surface area contributed by atoms with Gasteiger partial charge < -0.3 is 4.90 Å². The van der Waals surface area contributed by atoms with Crippen LogP contribution in [0.1, 0.15) is 49.5 Å². The number of carbonyl (C=O) groups is 1. The molecule has 0 radical (unpaired) electrons. The molecule has 98 valence electrons. The molecule has 0 unspecified atom stereocenters. The third-order valence-corrected chi connectivity index (χ3v) is 3.87. The van der Waals surface area contributed by atoms with E-state index in [0.29, 0.717) is 5.92 Å². The normalized spacial score (nSPS) is 14.2. The molecule has 0 saturated heterocycles. The van der Waals surface area contributed by atoms with Crippen LogP contribution < -0.4 is 4.90 Å². The molecule has 0 aliphatic carbocycles. The van der Waals surface area contributed by atoms with Gasteiger partial charge in [-0.2, -0.15) is 0 Å². The molecule has 1 aliphatic heterocycles. The second kappa shape index (κ2) is 4.09. The summed E-state index contributed by atoms with van der Waals surface area (Å²) in [6.45, 7) is 8.45. The number of nitrogens with zero attached hydrogens (tertiary/aromatic N) is 1. The van der Waals surface area contributed by atoms with Crippen LogP contribution in [0.3, 0.4) is 0 Å². The maximum absolute atomic E-state index is 12.6. The Bertz CT molecular complexity index is 670. The molecule has 1 aliphatic rings. The zero-order valence-electron chi connectivity index (χ0n) is 11.9. The molecule has 2 aromatic carbocycles. The van der Waals surface area contributed by atoms with Crippen molar-refractivity contribution in [1.82, 2.24) is 0 Å². The van der Waals surface area contributed by atoms with Gasteiger partial charge in [0.1, 0.15) is 0 Å². The highest BCUT2D eigenvalue weighted by Gasteiger charge is 2.31. The summed E-state index contributed by atoms with van der Waals surface area (Å²) < 4.78 is 0. The SMILES string of the molecule is CC(C)c1cc2c3c(cccc3c1)N(C(C)C)C2=O. The van der Waals surface area contributed by atoms with E-state index in [9.17, 15) is 4.79 Å². The maximum Gasteiger partial charge on any atom is 0.259 e. The molecule has 0 saturated carbocycles. The number of carbonyl (C=O) groups excluding carboxylic acids is 1. The van der Waals surface area contributed by atoms with Crippen molar-refractivity contribution in [1.29, 1.82) is 0 Å². The number of benzene rings is 2. The largest absolute Gasteiger partial charge is 0.305 e. The lowest BCUT2D eigenvalue weighted by Crippen LogP contribution is -2.33. The smallest absolute Gasteiger partial charge is 0.259 e. The lowest BCUT2D eigenvalue weighted by molar-refractivity contribution is 0.0986. The average molecular weight is 253 g/mol. The second-order valence-electron chi connectivity index (χ2n) is 5.87. The van der Waals surface area contributed by atoms with Crippen molar-refractivity contribution in [2.75, 3.05) is 4.90 Å². The van der Waals surface area contributed by atoms with Crippen molar-refractivity contribution in [3.05, 3.63) is 41.5 Å². The van der Waals surface area contributed by atoms with E-state index in [-0.39, 0.29) is 11.9 Å². The van der Waals surface area contributed by atoms with E-state index in [1.165, 1.54) is 10.9 Å². The topological polar surface area (TPSA) is 20.3 Å². The Morgan fingerprint density at radius 3 is 2.42 bits per heavy atom. The predicted molar refractivity (Wildman–Crippen MR) is 80.0 cm³/mol. The van der Waals surface area contributed by atoms with Gasteiger partial charge in [-0.15, -0.1) is 0 Å². The number of hydrogen-bond acceptors (Lipinski definition) is 1. The summed E-state index contributed by atoms with van der Waals surface area (Å²) in [4.78, 5) is 14.5. The van der Waals surface area contributed by atoms with Crippen LogP contribution >= 0.6 is 0 Å². The van der Waals surface area contributed by atoms with Gasteiger partial charge in [-0.1, -0.05) is 32.0 Å². The summed E-state index contributed by atoms with van der Waals surface area (Å²) in [7, 11) is 0. The molecule has 0 atom stereocenters. The second-order valence-corrected chi connectivity index (χ2v) is 5.87. The minimum absolute atomic E-state index is 0.142. The van der Waals surface area contributed by atoms with Crippen molar-refractivity contribution in [2.24, 2.45) is 0 Å². The van der Waals surface area contributed by atoms with Gasteiger partial charge in [-0.3, -0.25) is 4.79 Å². The molecule has 2 heteroatoms. The molecule has 0 N–H and O–H groups in total. The van der Waals surface area contributed by atoms with Gasteiger partial charge in [0.05, 0.1) is 11.3 Å². The summed E-state index contributed by atoms with van der Waals surface area (Å²) in [6.07, 6.45) is 0. The monoisotopic (exact) mass is 253 g/mol. The summed E-state index contributed by atoms with van der Waals surface area (Å²) >= 11 is 0. The fourth-order valence-electron chi connectivity index (χ4n) is 2.89. The summed E-state index contributed by atoms with van der Waals surface area (Å²) in [5, 5.41) is 2.29. The van der Waals surface area contributed by atoms with E-state index in [2.05, 4.69) is 45.9 Å². The number of anilines is 1. The molecule has 1 amide bonds. The van der Waals surface area contributed by atoms with Crippen LogP contribution in [0.2, 0.25) is 0 Å². The van der Waals surface area contributed by atoms with E-state index in [1.807, 2.05) is 17.0 Å². The summed E-state index contributed by atoms with van der Waals surface area (Å²) in [6, 6.07) is 10.7.